The first-order chi connectivity index (χ1) is 13.1. The third kappa shape index (κ3) is 4.20. The van der Waals surface area contributed by atoms with E-state index in [0.717, 1.165) is 0 Å². The maximum absolute atomic E-state index is 6.78. The van der Waals surface area contributed by atoms with Crippen LogP contribution in [0.1, 0.15) is 12.8 Å². The van der Waals surface area contributed by atoms with Crippen LogP contribution in [0.3, 0.4) is 0 Å². The molecule has 2 aliphatic carbocycles. The van der Waals surface area contributed by atoms with E-state index in [0.29, 0.717) is 11.8 Å². The molecule has 19 heteroatoms. The molecule has 2 rings (SSSR count). The molecule has 2 fully saturated rings. The average Bonchev–Trinajstić information content (AvgIpc) is 2.50. The Hall–Kier alpha value is 4.91. The van der Waals surface area contributed by atoms with Crippen molar-refractivity contribution in [1.29, 1.82) is 0 Å². The molecule has 0 saturated heterocycles. The number of hydrogen-bond acceptors (Lipinski definition) is 3. The first-order valence-corrected chi connectivity index (χ1v) is 14.3. The average molecular weight is 780 g/mol. The van der Waals surface area contributed by atoms with Gasteiger partial charge in [0.05, 0.1) is 0 Å². The van der Waals surface area contributed by atoms with Crippen molar-refractivity contribution < 1.29 is 0 Å². The summed E-state index contributed by atoms with van der Waals surface area (Å²) < 4.78 is -18.2. The lowest BCUT2D eigenvalue weighted by atomic mass is 9.90. The smallest absolute Gasteiger partial charge is 0.188 e. The second kappa shape index (κ2) is 8.70. The molecule has 0 aromatic heterocycles. The second-order valence-electron chi connectivity index (χ2n) is 7.04. The van der Waals surface area contributed by atoms with E-state index < -0.39 is 57.3 Å². The maximum atomic E-state index is 6.78. The highest BCUT2D eigenvalue weighted by atomic mass is 35.6. The van der Waals surface area contributed by atoms with Gasteiger partial charge in [-0.05, 0) is 0 Å². The van der Waals surface area contributed by atoms with E-state index in [1.54, 1.807) is 0 Å². The fraction of sp³-hybridized carbons (Fsp3) is 1.00. The van der Waals surface area contributed by atoms with Crippen molar-refractivity contribution in [2.45, 2.75) is 57.3 Å². The van der Waals surface area contributed by atoms with Crippen LogP contribution in [0, 0.1) is 0 Å². The van der Waals surface area contributed by atoms with Gasteiger partial charge >= 0.3 is 0 Å². The number of hydrogen-bond donors (Lipinski definition) is 2. The summed E-state index contributed by atoms with van der Waals surface area (Å²) in [6.07, 6.45) is -1.13. The highest BCUT2D eigenvalue weighted by Crippen LogP contribution is 2.77. The van der Waals surface area contributed by atoms with Gasteiger partial charge in [0.2, 0.25) is 0 Å². The van der Waals surface area contributed by atoms with Crippen LogP contribution >= 0.6 is 197 Å². The van der Waals surface area contributed by atoms with Crippen LogP contribution in [0.4, 0.5) is 0 Å². The zero-order chi connectivity index (χ0) is 25.1. The van der Waals surface area contributed by atoms with Crippen LogP contribution in [-0.2, 0) is 0 Å². The SMILES string of the molecule is NC1(Cl)C(Cl)(Cl)CC(Cl)(SC2(Cl)CC(Cl)(Cl)C(N)(Cl)C(Cl)(Cl)C2(Cl)Cl)C(Cl)(Cl)C1(Cl)Cl. The van der Waals surface area contributed by atoms with Crippen LogP contribution in [0.2, 0.25) is 0 Å². The van der Waals surface area contributed by atoms with Crippen LogP contribution in [-0.4, -0.2) is 44.4 Å². The van der Waals surface area contributed by atoms with Gasteiger partial charge in [-0.15, -0.1) is 35.0 Å². The lowest BCUT2D eigenvalue weighted by molar-refractivity contribution is 0.311. The molecule has 0 aliphatic heterocycles. The first kappa shape index (κ1) is 32.1. The van der Waals surface area contributed by atoms with Crippen LogP contribution < -0.4 is 11.5 Å². The Morgan fingerprint density at radius 1 is 0.419 bits per heavy atom. The quantitative estimate of drug-likeness (QED) is 0.217. The Kier molecular flexibility index (Phi) is 9.02. The van der Waals surface area contributed by atoms with Crippen LogP contribution in [0.5, 0.6) is 0 Å². The molecule has 0 amide bonds. The normalized spacial score (nSPS) is 47.0. The predicted octanol–water partition coefficient (Wildman–Crippen LogP) is 9.23. The molecule has 4 N–H and O–H groups in total. The lowest BCUT2D eigenvalue weighted by Gasteiger charge is -2.63. The molecule has 2 nitrogen and oxygen atoms in total. The largest absolute Gasteiger partial charge is 0.308 e. The fourth-order valence-corrected chi connectivity index (χ4v) is 12.1. The number of halogens is 16. The molecule has 2 aliphatic rings. The highest BCUT2D eigenvalue weighted by Gasteiger charge is 2.83. The molecule has 2 saturated carbocycles. The Labute approximate surface area is 262 Å². The minimum atomic E-state index is -2.48. The second-order valence-corrected chi connectivity index (χ2v) is 19.8. The van der Waals surface area contributed by atoms with Crippen molar-refractivity contribution in [3.8, 4) is 0 Å². The standard InChI is InChI=1S/C12H8Cl16N2S/c13-3(14)1-5(17,7(19,20)9(23,24)11(3,27)29)31-6(18)2-4(15,16)12(28,30)10(25,26)8(6,21)22/h1-2,29-30H2. The summed E-state index contributed by atoms with van der Waals surface area (Å²) in [5.74, 6) is 0. The van der Waals surface area contributed by atoms with Gasteiger partial charge in [-0.25, -0.2) is 0 Å². The molecule has 0 heterocycles. The summed E-state index contributed by atoms with van der Waals surface area (Å²) in [4.78, 5) is -4.60. The van der Waals surface area contributed by atoms with Crippen molar-refractivity contribution in [3.63, 3.8) is 0 Å². The number of thioether (sulfide) groups is 1. The molecular weight excluding hydrogens is 771 g/mol. The molecule has 0 bridgehead atoms. The zero-order valence-corrected chi connectivity index (χ0v) is 26.9. The topological polar surface area (TPSA) is 52.0 Å². The number of rotatable bonds is 2. The van der Waals surface area contributed by atoms with Crippen LogP contribution in [0.15, 0.2) is 0 Å². The third-order valence-corrected chi connectivity index (χ3v) is 17.8. The molecule has 0 aromatic carbocycles. The van der Waals surface area contributed by atoms with E-state index in [9.17, 15) is 0 Å². The summed E-state index contributed by atoms with van der Waals surface area (Å²) in [5, 5.41) is 0. The molecular formula is C12H8Cl16N2S. The van der Waals surface area contributed by atoms with Gasteiger partial charge in [0.15, 0.2) is 36.0 Å². The molecule has 31 heavy (non-hydrogen) atoms. The van der Waals surface area contributed by atoms with E-state index in [-0.39, 0.29) is 0 Å². The summed E-state index contributed by atoms with van der Waals surface area (Å²) in [6, 6.07) is 0. The minimum Gasteiger partial charge on any atom is -0.308 e. The molecule has 184 valence electrons. The summed E-state index contributed by atoms with van der Waals surface area (Å²) in [6.45, 7) is 0. The fourth-order valence-electron chi connectivity index (χ4n) is 2.89. The Bertz CT molecular complexity index is 704. The minimum absolute atomic E-state index is 0.470. The van der Waals surface area contributed by atoms with E-state index in [1.165, 1.54) is 0 Å². The van der Waals surface area contributed by atoms with E-state index in [4.69, 9.17) is 197 Å². The lowest BCUT2D eigenvalue weighted by Crippen LogP contribution is -2.78. The van der Waals surface area contributed by atoms with Crippen LogP contribution in [0.25, 0.3) is 0 Å². The van der Waals surface area contributed by atoms with Gasteiger partial charge < -0.3 is 11.5 Å². The Balaban J connectivity index is 2.70. The Morgan fingerprint density at radius 3 is 0.871 bits per heavy atom. The molecule has 0 aromatic rings. The van der Waals surface area contributed by atoms with Gasteiger partial charge in [0.1, 0.15) is 8.41 Å². The highest BCUT2D eigenvalue weighted by molar-refractivity contribution is 8.04. The molecule has 4 atom stereocenters. The number of alkyl halides is 16. The van der Waals surface area contributed by atoms with Crippen molar-refractivity contribution in [2.24, 2.45) is 11.5 Å². The van der Waals surface area contributed by atoms with Crippen molar-refractivity contribution in [2.75, 3.05) is 0 Å². The summed E-state index contributed by atoms with van der Waals surface area (Å²) in [7, 11) is 0. The van der Waals surface area contributed by atoms with Crippen molar-refractivity contribution in [1.82, 2.24) is 0 Å². The molecule has 4 unspecified atom stereocenters. The van der Waals surface area contributed by atoms with Crippen molar-refractivity contribution in [3.05, 3.63) is 0 Å². The third-order valence-electron chi connectivity index (χ3n) is 4.93. The van der Waals surface area contributed by atoms with Gasteiger partial charge in [-0.3, -0.25) is 0 Å². The zero-order valence-electron chi connectivity index (χ0n) is 14.0. The predicted molar refractivity (Wildman–Crippen MR) is 146 cm³/mol. The molecule has 0 radical (unpaired) electrons. The van der Waals surface area contributed by atoms with E-state index in [1.807, 2.05) is 0 Å². The van der Waals surface area contributed by atoms with E-state index >= 15 is 0 Å². The first-order valence-electron chi connectivity index (χ1n) is 7.42. The van der Waals surface area contributed by atoms with Gasteiger partial charge in [0, 0.05) is 12.8 Å². The van der Waals surface area contributed by atoms with Crippen molar-refractivity contribution >= 4 is 197 Å². The molecule has 0 spiro atoms. The van der Waals surface area contributed by atoms with E-state index in [2.05, 4.69) is 0 Å². The van der Waals surface area contributed by atoms with Gasteiger partial charge in [-0.2, -0.15) is 0 Å². The summed E-state index contributed by atoms with van der Waals surface area (Å²) in [5.41, 5.74) is 11.9. The van der Waals surface area contributed by atoms with Gasteiger partial charge in [-0.1, -0.05) is 162 Å². The maximum Gasteiger partial charge on any atom is 0.188 e. The Morgan fingerprint density at radius 2 is 0.645 bits per heavy atom. The number of nitrogens with two attached hydrogens (primary N) is 2. The summed E-state index contributed by atoms with van der Waals surface area (Å²) >= 11 is 103. The van der Waals surface area contributed by atoms with Gasteiger partial charge in [0.25, 0.3) is 0 Å². The monoisotopic (exact) mass is 772 g/mol.